The minimum atomic E-state index is -0.648. The summed E-state index contributed by atoms with van der Waals surface area (Å²) in [6.07, 6.45) is 1.53. The highest BCUT2D eigenvalue weighted by molar-refractivity contribution is 5.99. The van der Waals surface area contributed by atoms with Gasteiger partial charge in [0.15, 0.2) is 0 Å². The summed E-state index contributed by atoms with van der Waals surface area (Å²) in [6.45, 7) is 4.15. The topological polar surface area (TPSA) is 52.6 Å². The van der Waals surface area contributed by atoms with Gasteiger partial charge in [-0.25, -0.2) is 0 Å². The molecule has 3 unspecified atom stereocenters. The van der Waals surface area contributed by atoms with Crippen LogP contribution in [0.3, 0.4) is 0 Å². The molecule has 1 rings (SSSR count). The third kappa shape index (κ3) is 3.02. The molecule has 0 spiro atoms. The van der Waals surface area contributed by atoms with E-state index in [1.807, 2.05) is 6.92 Å². The standard InChI is InChI=1S/C11H18O4/c1-7-6-9(4-5-15-7)10(12)8(2)11(13)14-3/h7-9H,4-6H2,1-3H3. The number of Topliss-reactive ketones (excluding diaryl/α,β-unsaturated/α-hetero) is 1. The van der Waals surface area contributed by atoms with Gasteiger partial charge in [0.25, 0.3) is 0 Å². The fraction of sp³-hybridized carbons (Fsp3) is 0.818. The molecule has 0 N–H and O–H groups in total. The van der Waals surface area contributed by atoms with Gasteiger partial charge in [-0.05, 0) is 26.7 Å². The highest BCUT2D eigenvalue weighted by atomic mass is 16.5. The third-order valence-electron chi connectivity index (χ3n) is 2.87. The molecule has 0 aromatic heterocycles. The van der Waals surface area contributed by atoms with Crippen molar-refractivity contribution < 1.29 is 19.1 Å². The van der Waals surface area contributed by atoms with Crippen LogP contribution in [0.5, 0.6) is 0 Å². The Hall–Kier alpha value is -0.900. The van der Waals surface area contributed by atoms with Gasteiger partial charge in [0, 0.05) is 12.5 Å². The van der Waals surface area contributed by atoms with Crippen LogP contribution >= 0.6 is 0 Å². The Labute approximate surface area is 89.9 Å². The Morgan fingerprint density at radius 3 is 2.67 bits per heavy atom. The lowest BCUT2D eigenvalue weighted by Gasteiger charge is -2.27. The predicted molar refractivity (Wildman–Crippen MR) is 54.3 cm³/mol. The molecule has 1 aliphatic heterocycles. The van der Waals surface area contributed by atoms with E-state index in [-0.39, 0.29) is 17.8 Å². The quantitative estimate of drug-likeness (QED) is 0.523. The van der Waals surface area contributed by atoms with Crippen molar-refractivity contribution in [2.24, 2.45) is 11.8 Å². The van der Waals surface area contributed by atoms with E-state index in [1.54, 1.807) is 6.92 Å². The maximum Gasteiger partial charge on any atom is 0.315 e. The van der Waals surface area contributed by atoms with E-state index < -0.39 is 11.9 Å². The summed E-state index contributed by atoms with van der Waals surface area (Å²) in [5, 5.41) is 0. The van der Waals surface area contributed by atoms with Gasteiger partial charge in [0.2, 0.25) is 0 Å². The molecule has 0 radical (unpaired) electrons. The average molecular weight is 214 g/mol. The highest BCUT2D eigenvalue weighted by Crippen LogP contribution is 2.23. The zero-order valence-corrected chi connectivity index (χ0v) is 9.49. The van der Waals surface area contributed by atoms with Crippen molar-refractivity contribution in [3.8, 4) is 0 Å². The number of hydrogen-bond acceptors (Lipinski definition) is 4. The first-order chi connectivity index (χ1) is 7.06. The van der Waals surface area contributed by atoms with Gasteiger partial charge in [-0.15, -0.1) is 0 Å². The predicted octanol–water partition coefficient (Wildman–Crippen LogP) is 1.18. The van der Waals surface area contributed by atoms with E-state index in [1.165, 1.54) is 7.11 Å². The number of methoxy groups -OCH3 is 1. The molecular weight excluding hydrogens is 196 g/mol. The molecular formula is C11H18O4. The van der Waals surface area contributed by atoms with E-state index >= 15 is 0 Å². The summed E-state index contributed by atoms with van der Waals surface area (Å²) in [5.74, 6) is -1.16. The number of esters is 1. The second kappa shape index (κ2) is 5.26. The minimum absolute atomic E-state index is 0.0167. The van der Waals surface area contributed by atoms with E-state index in [4.69, 9.17) is 4.74 Å². The third-order valence-corrected chi connectivity index (χ3v) is 2.87. The van der Waals surface area contributed by atoms with E-state index in [9.17, 15) is 9.59 Å². The zero-order valence-electron chi connectivity index (χ0n) is 9.49. The molecule has 86 valence electrons. The maximum absolute atomic E-state index is 11.9. The molecule has 1 heterocycles. The van der Waals surface area contributed by atoms with E-state index in [0.29, 0.717) is 19.4 Å². The fourth-order valence-corrected chi connectivity index (χ4v) is 1.90. The van der Waals surface area contributed by atoms with Crippen LogP contribution in [0.4, 0.5) is 0 Å². The van der Waals surface area contributed by atoms with Gasteiger partial charge in [-0.2, -0.15) is 0 Å². The van der Waals surface area contributed by atoms with Crippen LogP contribution < -0.4 is 0 Å². The highest BCUT2D eigenvalue weighted by Gasteiger charge is 2.32. The Balaban J connectivity index is 2.55. The molecule has 0 aliphatic carbocycles. The monoisotopic (exact) mass is 214 g/mol. The van der Waals surface area contributed by atoms with Gasteiger partial charge in [0.05, 0.1) is 13.2 Å². The van der Waals surface area contributed by atoms with Crippen molar-refractivity contribution in [3.05, 3.63) is 0 Å². The van der Waals surface area contributed by atoms with Crippen LogP contribution in [0.1, 0.15) is 26.7 Å². The molecule has 0 aromatic rings. The molecule has 0 aromatic carbocycles. The number of ether oxygens (including phenoxy) is 2. The van der Waals surface area contributed by atoms with Crippen molar-refractivity contribution in [3.63, 3.8) is 0 Å². The van der Waals surface area contributed by atoms with Crippen molar-refractivity contribution in [2.75, 3.05) is 13.7 Å². The Morgan fingerprint density at radius 1 is 1.47 bits per heavy atom. The van der Waals surface area contributed by atoms with Crippen molar-refractivity contribution >= 4 is 11.8 Å². The lowest BCUT2D eigenvalue weighted by Crippen LogP contribution is -2.34. The first kappa shape index (κ1) is 12.2. The number of ketones is 1. The normalized spacial score (nSPS) is 28.2. The fourth-order valence-electron chi connectivity index (χ4n) is 1.90. The Morgan fingerprint density at radius 2 is 2.13 bits per heavy atom. The molecule has 1 aliphatic rings. The summed E-state index contributed by atoms with van der Waals surface area (Å²) in [7, 11) is 1.30. The SMILES string of the molecule is COC(=O)C(C)C(=O)C1CCOC(C)C1. The van der Waals surface area contributed by atoms with Crippen LogP contribution in [0, 0.1) is 11.8 Å². The lowest BCUT2D eigenvalue weighted by molar-refractivity contribution is -0.151. The first-order valence-electron chi connectivity index (χ1n) is 5.29. The zero-order chi connectivity index (χ0) is 11.4. The molecule has 0 amide bonds. The molecule has 4 heteroatoms. The molecule has 15 heavy (non-hydrogen) atoms. The van der Waals surface area contributed by atoms with E-state index in [0.717, 1.165) is 0 Å². The molecule has 4 nitrogen and oxygen atoms in total. The average Bonchev–Trinajstić information content (AvgIpc) is 2.26. The van der Waals surface area contributed by atoms with Crippen molar-refractivity contribution in [1.29, 1.82) is 0 Å². The summed E-state index contributed by atoms with van der Waals surface area (Å²) in [4.78, 5) is 23.1. The summed E-state index contributed by atoms with van der Waals surface area (Å²) < 4.78 is 9.92. The minimum Gasteiger partial charge on any atom is -0.468 e. The van der Waals surface area contributed by atoms with Crippen molar-refractivity contribution in [1.82, 2.24) is 0 Å². The lowest BCUT2D eigenvalue weighted by atomic mass is 9.86. The molecule has 1 saturated heterocycles. The van der Waals surface area contributed by atoms with Gasteiger partial charge in [0.1, 0.15) is 11.7 Å². The molecule has 1 fully saturated rings. The second-order valence-corrected chi connectivity index (χ2v) is 4.05. The van der Waals surface area contributed by atoms with Gasteiger partial charge in [-0.3, -0.25) is 9.59 Å². The van der Waals surface area contributed by atoms with Crippen molar-refractivity contribution in [2.45, 2.75) is 32.8 Å². The van der Waals surface area contributed by atoms with Crippen LogP contribution in [-0.4, -0.2) is 31.6 Å². The summed E-state index contributed by atoms with van der Waals surface area (Å²) in [6, 6.07) is 0. The number of carbonyl (C=O) groups excluding carboxylic acids is 2. The Bertz CT molecular complexity index is 249. The molecule has 3 atom stereocenters. The van der Waals surface area contributed by atoms with Gasteiger partial charge in [-0.1, -0.05) is 0 Å². The largest absolute Gasteiger partial charge is 0.468 e. The Kier molecular flexibility index (Phi) is 4.27. The van der Waals surface area contributed by atoms with Crippen LogP contribution in [0.2, 0.25) is 0 Å². The van der Waals surface area contributed by atoms with E-state index in [2.05, 4.69) is 4.74 Å². The number of hydrogen-bond donors (Lipinski definition) is 0. The first-order valence-corrected chi connectivity index (χ1v) is 5.29. The van der Waals surface area contributed by atoms with Gasteiger partial charge < -0.3 is 9.47 Å². The molecule has 0 saturated carbocycles. The van der Waals surface area contributed by atoms with Crippen LogP contribution in [-0.2, 0) is 19.1 Å². The maximum atomic E-state index is 11.9. The molecule has 0 bridgehead atoms. The van der Waals surface area contributed by atoms with Crippen LogP contribution in [0.15, 0.2) is 0 Å². The number of rotatable bonds is 3. The summed E-state index contributed by atoms with van der Waals surface area (Å²) in [5.41, 5.74) is 0. The smallest absolute Gasteiger partial charge is 0.315 e. The van der Waals surface area contributed by atoms with Gasteiger partial charge >= 0.3 is 5.97 Å². The van der Waals surface area contributed by atoms with Crippen LogP contribution in [0.25, 0.3) is 0 Å². The number of carbonyl (C=O) groups is 2. The summed E-state index contributed by atoms with van der Waals surface area (Å²) >= 11 is 0. The second-order valence-electron chi connectivity index (χ2n) is 4.05.